The lowest BCUT2D eigenvalue weighted by molar-refractivity contribution is -0.138. The summed E-state index contributed by atoms with van der Waals surface area (Å²) in [4.78, 5) is 35.4. The van der Waals surface area contributed by atoms with Crippen LogP contribution in [-0.4, -0.2) is 23.7 Å². The second-order valence-corrected chi connectivity index (χ2v) is 6.91. The fourth-order valence-corrected chi connectivity index (χ4v) is 3.57. The molecule has 1 aromatic rings. The molecule has 0 aromatic heterocycles. The maximum Gasteiger partial charge on any atom is 0.314 e. The smallest absolute Gasteiger partial charge is 0.314 e. The molecule has 1 aliphatic heterocycles. The van der Waals surface area contributed by atoms with Crippen LogP contribution in [0.1, 0.15) is 38.2 Å². The Labute approximate surface area is 149 Å². The van der Waals surface area contributed by atoms with Gasteiger partial charge in [-0.15, -0.1) is 0 Å². The molecular weight excluding hydrogens is 342 g/mol. The number of amides is 2. The van der Waals surface area contributed by atoms with Gasteiger partial charge < -0.3 is 9.47 Å². The van der Waals surface area contributed by atoms with Gasteiger partial charge in [-0.2, -0.15) is 0 Å². The van der Waals surface area contributed by atoms with E-state index in [1.165, 1.54) is 0 Å². The average molecular weight is 361 g/mol. The van der Waals surface area contributed by atoms with E-state index in [2.05, 4.69) is 5.32 Å². The number of ether oxygens (including phenoxy) is 2. The van der Waals surface area contributed by atoms with Crippen molar-refractivity contribution in [3.8, 4) is 11.5 Å². The lowest BCUT2D eigenvalue weighted by Crippen LogP contribution is -2.18. The summed E-state index contributed by atoms with van der Waals surface area (Å²) >= 11 is 0.855. The normalized spacial score (nSPS) is 19.3. The van der Waals surface area contributed by atoms with Gasteiger partial charge in [-0.05, 0) is 55.3 Å². The van der Waals surface area contributed by atoms with Crippen molar-refractivity contribution >= 4 is 35.0 Å². The van der Waals surface area contributed by atoms with Crippen molar-refractivity contribution in [1.29, 1.82) is 0 Å². The maximum absolute atomic E-state index is 12.2. The standard InChI is InChI=1S/C18H19NO5S/c1-2-23-14-9-11(10-15-16(20)19-18(22)25-15)7-8-13(14)24-17(21)12-5-3-4-6-12/h7-10,12H,2-6H2,1H3,(H,19,20,22). The van der Waals surface area contributed by atoms with Crippen LogP contribution < -0.4 is 14.8 Å². The fraction of sp³-hybridized carbons (Fsp3) is 0.389. The van der Waals surface area contributed by atoms with Gasteiger partial charge in [0.1, 0.15) is 0 Å². The van der Waals surface area contributed by atoms with Crippen LogP contribution in [0, 0.1) is 5.92 Å². The Morgan fingerprint density at radius 3 is 2.68 bits per heavy atom. The number of rotatable bonds is 5. The second kappa shape index (κ2) is 7.74. The Hall–Kier alpha value is -2.28. The van der Waals surface area contributed by atoms with Crippen LogP contribution >= 0.6 is 11.8 Å². The number of imide groups is 1. The summed E-state index contributed by atoms with van der Waals surface area (Å²) in [6.45, 7) is 2.26. The number of carbonyl (C=O) groups excluding carboxylic acids is 3. The zero-order valence-corrected chi connectivity index (χ0v) is 14.7. The van der Waals surface area contributed by atoms with E-state index in [4.69, 9.17) is 9.47 Å². The van der Waals surface area contributed by atoms with Gasteiger partial charge in [0.05, 0.1) is 17.4 Å². The number of carbonyl (C=O) groups is 3. The van der Waals surface area contributed by atoms with Crippen molar-refractivity contribution in [3.05, 3.63) is 28.7 Å². The SMILES string of the molecule is CCOc1cc(C=C2SC(=O)NC2=O)ccc1OC(=O)C1CCCC1. The molecule has 0 radical (unpaired) electrons. The van der Waals surface area contributed by atoms with Gasteiger partial charge in [0.2, 0.25) is 0 Å². The van der Waals surface area contributed by atoms with Crippen molar-refractivity contribution in [2.75, 3.05) is 6.61 Å². The predicted molar refractivity (Wildman–Crippen MR) is 94.3 cm³/mol. The summed E-state index contributed by atoms with van der Waals surface area (Å²) in [6.07, 6.45) is 5.46. The van der Waals surface area contributed by atoms with Crippen LogP contribution in [0.3, 0.4) is 0 Å². The highest BCUT2D eigenvalue weighted by molar-refractivity contribution is 8.18. The molecule has 1 saturated heterocycles. The minimum atomic E-state index is -0.412. The molecular formula is C18H19NO5S. The third-order valence-corrected chi connectivity index (χ3v) is 4.92. The second-order valence-electron chi connectivity index (χ2n) is 5.89. The molecule has 1 aliphatic carbocycles. The van der Waals surface area contributed by atoms with E-state index >= 15 is 0 Å². The highest BCUT2D eigenvalue weighted by Gasteiger charge is 2.26. The molecule has 7 heteroatoms. The summed E-state index contributed by atoms with van der Waals surface area (Å²) < 4.78 is 11.1. The molecule has 1 aromatic carbocycles. The summed E-state index contributed by atoms with van der Waals surface area (Å²) in [5, 5.41) is 1.83. The molecule has 0 atom stereocenters. The average Bonchev–Trinajstić information content (AvgIpc) is 3.20. The number of hydrogen-bond acceptors (Lipinski definition) is 6. The Kier molecular flexibility index (Phi) is 5.43. The molecule has 1 N–H and O–H groups in total. The van der Waals surface area contributed by atoms with Gasteiger partial charge >= 0.3 is 5.97 Å². The van der Waals surface area contributed by atoms with E-state index in [0.717, 1.165) is 37.4 Å². The lowest BCUT2D eigenvalue weighted by atomic mass is 10.1. The Bertz CT molecular complexity index is 737. The van der Waals surface area contributed by atoms with Crippen molar-refractivity contribution in [2.24, 2.45) is 5.92 Å². The minimum absolute atomic E-state index is 0.0409. The van der Waals surface area contributed by atoms with Gasteiger partial charge in [0.15, 0.2) is 11.5 Å². The highest BCUT2D eigenvalue weighted by Crippen LogP contribution is 2.33. The van der Waals surface area contributed by atoms with Crippen LogP contribution in [0.5, 0.6) is 11.5 Å². The van der Waals surface area contributed by atoms with Gasteiger partial charge in [-0.25, -0.2) is 0 Å². The molecule has 0 spiro atoms. The Balaban J connectivity index is 1.80. The van der Waals surface area contributed by atoms with Gasteiger partial charge in [-0.3, -0.25) is 19.7 Å². The summed E-state index contributed by atoms with van der Waals surface area (Å²) in [5.74, 6) is 0.143. The zero-order valence-electron chi connectivity index (χ0n) is 13.9. The third-order valence-electron chi connectivity index (χ3n) is 4.11. The molecule has 2 fully saturated rings. The number of benzene rings is 1. The summed E-state index contributed by atoms with van der Waals surface area (Å²) in [5.41, 5.74) is 0.691. The van der Waals surface area contributed by atoms with Crippen LogP contribution in [0.2, 0.25) is 0 Å². The molecule has 6 nitrogen and oxygen atoms in total. The highest BCUT2D eigenvalue weighted by atomic mass is 32.2. The van der Waals surface area contributed by atoms with E-state index < -0.39 is 5.91 Å². The van der Waals surface area contributed by atoms with Crippen molar-refractivity contribution in [3.63, 3.8) is 0 Å². The van der Waals surface area contributed by atoms with Gasteiger partial charge in [0, 0.05) is 0 Å². The maximum atomic E-state index is 12.2. The summed E-state index contributed by atoms with van der Waals surface area (Å²) in [7, 11) is 0. The number of thioether (sulfide) groups is 1. The topological polar surface area (TPSA) is 81.7 Å². The molecule has 2 amide bonds. The first-order valence-electron chi connectivity index (χ1n) is 8.30. The Morgan fingerprint density at radius 1 is 1.28 bits per heavy atom. The van der Waals surface area contributed by atoms with Crippen LogP contribution in [0.15, 0.2) is 23.1 Å². The minimum Gasteiger partial charge on any atom is -0.490 e. The predicted octanol–water partition coefficient (Wildman–Crippen LogP) is 3.50. The van der Waals surface area contributed by atoms with E-state index in [1.54, 1.807) is 24.3 Å². The first-order valence-corrected chi connectivity index (χ1v) is 9.12. The molecule has 25 heavy (non-hydrogen) atoms. The summed E-state index contributed by atoms with van der Waals surface area (Å²) in [6, 6.07) is 5.08. The monoisotopic (exact) mass is 361 g/mol. The number of esters is 1. The zero-order chi connectivity index (χ0) is 17.8. The molecule has 132 valence electrons. The van der Waals surface area contributed by atoms with Crippen LogP contribution in [0.4, 0.5) is 4.79 Å². The van der Waals surface area contributed by atoms with E-state index in [1.807, 2.05) is 6.92 Å². The van der Waals surface area contributed by atoms with E-state index in [-0.39, 0.29) is 17.1 Å². The molecule has 2 aliphatic rings. The number of hydrogen-bond donors (Lipinski definition) is 1. The Morgan fingerprint density at radius 2 is 2.04 bits per heavy atom. The fourth-order valence-electron chi connectivity index (χ4n) is 2.89. The molecule has 3 rings (SSSR count). The molecule has 1 heterocycles. The van der Waals surface area contributed by atoms with Crippen LogP contribution in [-0.2, 0) is 9.59 Å². The van der Waals surface area contributed by atoms with Crippen molar-refractivity contribution < 1.29 is 23.9 Å². The van der Waals surface area contributed by atoms with E-state index in [9.17, 15) is 14.4 Å². The quantitative estimate of drug-likeness (QED) is 0.491. The van der Waals surface area contributed by atoms with E-state index in [0.29, 0.717) is 28.6 Å². The molecule has 1 saturated carbocycles. The number of nitrogens with one attached hydrogen (secondary N) is 1. The molecule has 0 bridgehead atoms. The third kappa shape index (κ3) is 4.22. The first kappa shape index (κ1) is 17.5. The largest absolute Gasteiger partial charge is 0.490 e. The van der Waals surface area contributed by atoms with Gasteiger partial charge in [-0.1, -0.05) is 18.9 Å². The van der Waals surface area contributed by atoms with Crippen molar-refractivity contribution in [2.45, 2.75) is 32.6 Å². The van der Waals surface area contributed by atoms with Crippen molar-refractivity contribution in [1.82, 2.24) is 5.32 Å². The molecule has 0 unspecified atom stereocenters. The first-order chi connectivity index (χ1) is 12.1. The lowest BCUT2D eigenvalue weighted by Gasteiger charge is -2.13. The van der Waals surface area contributed by atoms with Crippen LogP contribution in [0.25, 0.3) is 6.08 Å². The van der Waals surface area contributed by atoms with Gasteiger partial charge in [0.25, 0.3) is 11.1 Å².